The summed E-state index contributed by atoms with van der Waals surface area (Å²) in [5.74, 6) is 0. The first-order valence-corrected chi connectivity index (χ1v) is 7.88. The highest BCUT2D eigenvalue weighted by molar-refractivity contribution is 7.93. The zero-order valence-electron chi connectivity index (χ0n) is 10.7. The van der Waals surface area contributed by atoms with E-state index in [2.05, 4.69) is 0 Å². The zero-order chi connectivity index (χ0) is 13.8. The number of benzene rings is 2. The molecule has 0 atom stereocenters. The predicted molar refractivity (Wildman–Crippen MR) is 76.3 cm³/mol. The van der Waals surface area contributed by atoms with Crippen LogP contribution in [0.3, 0.4) is 0 Å². The molecule has 0 N–H and O–H groups in total. The summed E-state index contributed by atoms with van der Waals surface area (Å²) >= 11 is -3.47. The third-order valence-corrected chi connectivity index (χ3v) is 5.29. The average molecular weight is 294 g/mol. The molecular weight excluding hydrogens is 280 g/mol. The van der Waals surface area contributed by atoms with Crippen molar-refractivity contribution in [3.63, 3.8) is 0 Å². The van der Waals surface area contributed by atoms with Crippen LogP contribution in [-0.2, 0) is 25.8 Å². The maximum atomic E-state index is 12.1. The largest absolute Gasteiger partial charge is 0.223 e. The van der Waals surface area contributed by atoms with E-state index in [-0.39, 0.29) is 0 Å². The minimum Gasteiger partial charge on any atom is -0.223 e. The summed E-state index contributed by atoms with van der Waals surface area (Å²) in [7, 11) is 0. The minimum atomic E-state index is -1.73. The van der Waals surface area contributed by atoms with Gasteiger partial charge in [0.25, 0.3) is 0 Å². The summed E-state index contributed by atoms with van der Waals surface area (Å²) in [6, 6.07) is 14.4. The summed E-state index contributed by atoms with van der Waals surface area (Å²) < 4.78 is 29.2. The Morgan fingerprint density at radius 3 is 1.47 bits per heavy atom. The normalized spacial score (nSPS) is 14.0. The minimum absolute atomic E-state index is 0.546. The molecule has 5 heteroatoms. The number of aryl methyl sites for hydroxylation is 2. The molecule has 0 aromatic heterocycles. The number of hydrogen-bond acceptors (Lipinski definition) is 3. The molecule has 0 fully saturated rings. The van der Waals surface area contributed by atoms with E-state index >= 15 is 0 Å². The molecular formula is C14H14O3S2. The van der Waals surface area contributed by atoms with E-state index < -0.39 is 22.2 Å². The van der Waals surface area contributed by atoms with Gasteiger partial charge in [0.15, 0.2) is 0 Å². The van der Waals surface area contributed by atoms with Gasteiger partial charge in [-0.05, 0) is 37.1 Å². The molecule has 0 spiro atoms. The van der Waals surface area contributed by atoms with Gasteiger partial charge < -0.3 is 0 Å². The Balaban J connectivity index is 2.19. The van der Waals surface area contributed by atoms with E-state index in [0.29, 0.717) is 9.79 Å². The Morgan fingerprint density at radius 2 is 1.11 bits per heavy atom. The highest BCUT2D eigenvalue weighted by Crippen LogP contribution is 2.19. The molecule has 0 saturated carbocycles. The second kappa shape index (κ2) is 6.23. The summed E-state index contributed by atoms with van der Waals surface area (Å²) in [5.41, 5.74) is 1.70. The second-order valence-corrected chi connectivity index (χ2v) is 6.43. The van der Waals surface area contributed by atoms with Gasteiger partial charge in [0.1, 0.15) is 0 Å². The zero-order valence-corrected chi connectivity index (χ0v) is 12.3. The Labute approximate surface area is 117 Å². The maximum absolute atomic E-state index is 12.1. The highest BCUT2D eigenvalue weighted by atomic mass is 32.3. The van der Waals surface area contributed by atoms with Crippen LogP contribution in [0.15, 0.2) is 58.3 Å². The van der Waals surface area contributed by atoms with Gasteiger partial charge in [-0.2, -0.15) is 3.63 Å². The van der Waals surface area contributed by atoms with E-state index in [1.54, 1.807) is 24.3 Å². The lowest BCUT2D eigenvalue weighted by molar-refractivity contribution is 0.564. The molecule has 0 radical (unpaired) electrons. The first kappa shape index (κ1) is 14.1. The van der Waals surface area contributed by atoms with Crippen molar-refractivity contribution in [2.45, 2.75) is 23.6 Å². The molecule has 0 saturated heterocycles. The van der Waals surface area contributed by atoms with Crippen molar-refractivity contribution < 1.29 is 12.0 Å². The summed E-state index contributed by atoms with van der Waals surface area (Å²) in [4.78, 5) is 1.09. The molecule has 0 unspecified atom stereocenters. The quantitative estimate of drug-likeness (QED) is 0.870. The van der Waals surface area contributed by atoms with Gasteiger partial charge in [0.2, 0.25) is 22.2 Å². The van der Waals surface area contributed by atoms with Crippen molar-refractivity contribution in [3.8, 4) is 0 Å². The van der Waals surface area contributed by atoms with E-state index in [9.17, 15) is 8.42 Å². The summed E-state index contributed by atoms with van der Waals surface area (Å²) in [6.45, 7) is 3.68. The topological polar surface area (TPSA) is 43.4 Å². The fourth-order valence-electron chi connectivity index (χ4n) is 1.62. The molecule has 2 aromatic carbocycles. The molecule has 0 aliphatic carbocycles. The molecule has 0 amide bonds. The SMILES string of the molecule is Cc1ccccc1S(=O)OS(=O)c1ccccc1C. The molecule has 0 aliphatic rings. The third-order valence-electron chi connectivity index (χ3n) is 2.67. The van der Waals surface area contributed by atoms with Gasteiger partial charge in [0, 0.05) is 0 Å². The Morgan fingerprint density at radius 1 is 0.737 bits per heavy atom. The second-order valence-electron chi connectivity index (χ2n) is 4.07. The smallest absolute Gasteiger partial charge is 0.203 e. The van der Waals surface area contributed by atoms with Crippen molar-refractivity contribution in [3.05, 3.63) is 59.7 Å². The van der Waals surface area contributed by atoms with Crippen LogP contribution in [0.5, 0.6) is 0 Å². The van der Waals surface area contributed by atoms with Crippen molar-refractivity contribution >= 4 is 22.2 Å². The van der Waals surface area contributed by atoms with Crippen LogP contribution in [0, 0.1) is 13.8 Å². The predicted octanol–water partition coefficient (Wildman–Crippen LogP) is 3.07. The van der Waals surface area contributed by atoms with Crippen molar-refractivity contribution in [1.82, 2.24) is 0 Å². The molecule has 3 nitrogen and oxygen atoms in total. The Bertz CT molecular complexity index is 583. The molecule has 0 aliphatic heterocycles. The summed E-state index contributed by atoms with van der Waals surface area (Å²) in [6.07, 6.45) is 0. The van der Waals surface area contributed by atoms with E-state index in [0.717, 1.165) is 11.1 Å². The fourth-order valence-corrected chi connectivity index (χ4v) is 3.69. The van der Waals surface area contributed by atoms with Gasteiger partial charge >= 0.3 is 0 Å². The van der Waals surface area contributed by atoms with Crippen LogP contribution in [0.1, 0.15) is 11.1 Å². The Hall–Kier alpha value is -1.30. The number of hydrogen-bond donors (Lipinski definition) is 0. The monoisotopic (exact) mass is 294 g/mol. The van der Waals surface area contributed by atoms with E-state index in [4.69, 9.17) is 3.63 Å². The van der Waals surface area contributed by atoms with Gasteiger partial charge in [0.05, 0.1) is 9.79 Å². The van der Waals surface area contributed by atoms with Gasteiger partial charge in [-0.3, -0.25) is 0 Å². The van der Waals surface area contributed by atoms with Crippen LogP contribution in [-0.4, -0.2) is 8.42 Å². The summed E-state index contributed by atoms with van der Waals surface area (Å²) in [5, 5.41) is 0. The first-order valence-electron chi connectivity index (χ1n) is 5.73. The molecule has 2 aromatic rings. The fraction of sp³-hybridized carbons (Fsp3) is 0.143. The lowest BCUT2D eigenvalue weighted by atomic mass is 10.2. The standard InChI is InChI=1S/C14H14O3S2/c1-11-7-3-5-9-13(11)18(15)17-19(16)14-10-6-4-8-12(14)2/h3-10H,1-2H3. The van der Waals surface area contributed by atoms with Crippen LogP contribution < -0.4 is 0 Å². The Kier molecular flexibility index (Phi) is 4.63. The molecule has 0 heterocycles. The molecule has 19 heavy (non-hydrogen) atoms. The van der Waals surface area contributed by atoms with Gasteiger partial charge in [-0.1, -0.05) is 36.4 Å². The molecule has 0 bridgehead atoms. The van der Waals surface area contributed by atoms with Crippen molar-refractivity contribution in [1.29, 1.82) is 0 Å². The van der Waals surface area contributed by atoms with Crippen LogP contribution in [0.4, 0.5) is 0 Å². The highest BCUT2D eigenvalue weighted by Gasteiger charge is 2.15. The van der Waals surface area contributed by atoms with E-state index in [1.807, 2.05) is 38.1 Å². The van der Waals surface area contributed by atoms with Gasteiger partial charge in [-0.15, -0.1) is 0 Å². The van der Waals surface area contributed by atoms with Gasteiger partial charge in [-0.25, -0.2) is 8.42 Å². The lowest BCUT2D eigenvalue weighted by Gasteiger charge is -2.07. The number of rotatable bonds is 4. The van der Waals surface area contributed by atoms with Crippen molar-refractivity contribution in [2.24, 2.45) is 0 Å². The van der Waals surface area contributed by atoms with Crippen LogP contribution in [0.2, 0.25) is 0 Å². The molecule has 100 valence electrons. The first-order chi connectivity index (χ1) is 9.09. The molecule has 2 rings (SSSR count). The van der Waals surface area contributed by atoms with Crippen molar-refractivity contribution in [2.75, 3.05) is 0 Å². The average Bonchev–Trinajstić information content (AvgIpc) is 2.39. The maximum Gasteiger partial charge on any atom is 0.203 e. The van der Waals surface area contributed by atoms with Crippen LogP contribution >= 0.6 is 0 Å². The lowest BCUT2D eigenvalue weighted by Crippen LogP contribution is -2.04. The third kappa shape index (κ3) is 3.37. The van der Waals surface area contributed by atoms with E-state index in [1.165, 1.54) is 0 Å². The van der Waals surface area contributed by atoms with Crippen LogP contribution in [0.25, 0.3) is 0 Å².